The fourth-order valence-electron chi connectivity index (χ4n) is 2.13. The molecule has 1 fully saturated rings. The Morgan fingerprint density at radius 2 is 1.65 bits per heavy atom. The van der Waals surface area contributed by atoms with Crippen LogP contribution < -0.4 is 5.59 Å². The molecule has 2 rings (SSSR count). The van der Waals surface area contributed by atoms with E-state index in [1.54, 1.807) is 6.92 Å². The number of pyridine rings is 1. The highest BCUT2D eigenvalue weighted by Gasteiger charge is 2.52. The molecule has 110 valence electrons. The molecule has 1 aromatic heterocycles. The molecule has 0 aromatic carbocycles. The molecule has 1 saturated heterocycles. The monoisotopic (exact) mass is 297 g/mol. The van der Waals surface area contributed by atoms with Crippen molar-refractivity contribution in [2.75, 3.05) is 6.26 Å². The third-order valence-electron chi connectivity index (χ3n) is 4.07. The van der Waals surface area contributed by atoms with Gasteiger partial charge in [-0.3, -0.25) is 4.98 Å². The number of aromatic nitrogens is 1. The van der Waals surface area contributed by atoms with Gasteiger partial charge in [0.2, 0.25) is 0 Å². The lowest BCUT2D eigenvalue weighted by Crippen LogP contribution is -2.41. The summed E-state index contributed by atoms with van der Waals surface area (Å²) in [5.41, 5.74) is 0.139. The first kappa shape index (κ1) is 15.5. The standard InChI is InChI=1S/C13H20BNO4S/c1-9-10(20(6,16)17)7-8-15-11(9)14-18-12(2,3)13(4,5)19-14/h7-8H,1-6H3. The first-order valence-corrected chi connectivity index (χ1v) is 8.36. The van der Waals surface area contributed by atoms with Gasteiger partial charge in [-0.15, -0.1) is 0 Å². The molecule has 0 N–H and O–H groups in total. The Balaban J connectivity index is 2.47. The van der Waals surface area contributed by atoms with E-state index in [4.69, 9.17) is 9.31 Å². The Labute approximate surface area is 120 Å². The smallest absolute Gasteiger partial charge is 0.398 e. The van der Waals surface area contributed by atoms with Gasteiger partial charge < -0.3 is 9.31 Å². The summed E-state index contributed by atoms with van der Waals surface area (Å²) in [6.07, 6.45) is 2.66. The second-order valence-corrected chi connectivity index (χ2v) is 8.16. The third kappa shape index (κ3) is 2.50. The Hall–Kier alpha value is -0.915. The zero-order valence-corrected chi connectivity index (χ0v) is 13.5. The molecule has 0 bridgehead atoms. The molecule has 1 aliphatic rings. The van der Waals surface area contributed by atoms with E-state index in [2.05, 4.69) is 4.98 Å². The molecule has 0 spiro atoms. The van der Waals surface area contributed by atoms with Gasteiger partial charge >= 0.3 is 7.12 Å². The van der Waals surface area contributed by atoms with E-state index in [1.807, 2.05) is 27.7 Å². The average Bonchev–Trinajstić information content (AvgIpc) is 2.46. The summed E-state index contributed by atoms with van der Waals surface area (Å²) in [4.78, 5) is 4.51. The minimum absolute atomic E-state index is 0.261. The molecule has 7 heteroatoms. The summed E-state index contributed by atoms with van der Waals surface area (Å²) in [5, 5.41) is 0. The van der Waals surface area contributed by atoms with Crippen molar-refractivity contribution in [3.8, 4) is 0 Å². The van der Waals surface area contributed by atoms with Crippen molar-refractivity contribution in [3.63, 3.8) is 0 Å². The molecule has 5 nitrogen and oxygen atoms in total. The zero-order chi connectivity index (χ0) is 15.3. The molecule has 0 radical (unpaired) electrons. The lowest BCUT2D eigenvalue weighted by Gasteiger charge is -2.32. The normalized spacial score (nSPS) is 21.2. The lowest BCUT2D eigenvalue weighted by atomic mass is 9.81. The molecule has 0 amide bonds. The van der Waals surface area contributed by atoms with Gasteiger partial charge in [-0.2, -0.15) is 0 Å². The van der Waals surface area contributed by atoms with Crippen LogP contribution in [0.15, 0.2) is 17.2 Å². The van der Waals surface area contributed by atoms with Crippen LogP contribution in [0.1, 0.15) is 33.3 Å². The Bertz CT molecular complexity index is 624. The van der Waals surface area contributed by atoms with Crippen LogP contribution in [-0.4, -0.2) is 38.0 Å². The van der Waals surface area contributed by atoms with Gasteiger partial charge in [0.1, 0.15) is 0 Å². The number of hydrogen-bond acceptors (Lipinski definition) is 5. The molecule has 1 aliphatic heterocycles. The van der Waals surface area contributed by atoms with Crippen molar-refractivity contribution in [1.29, 1.82) is 0 Å². The Morgan fingerprint density at radius 1 is 1.15 bits per heavy atom. The van der Waals surface area contributed by atoms with Crippen LogP contribution in [0.2, 0.25) is 0 Å². The fourth-order valence-corrected chi connectivity index (χ4v) is 3.10. The first-order valence-electron chi connectivity index (χ1n) is 6.47. The Morgan fingerprint density at radius 3 is 2.10 bits per heavy atom. The minimum Gasteiger partial charge on any atom is -0.398 e. The van der Waals surface area contributed by atoms with Gasteiger partial charge in [0, 0.05) is 12.5 Å². The highest BCUT2D eigenvalue weighted by molar-refractivity contribution is 7.90. The summed E-state index contributed by atoms with van der Waals surface area (Å²) in [6.45, 7) is 9.51. The first-order chi connectivity index (χ1) is 8.96. The van der Waals surface area contributed by atoms with Crippen LogP contribution in [0.3, 0.4) is 0 Å². The van der Waals surface area contributed by atoms with Crippen molar-refractivity contribution in [2.45, 2.75) is 50.7 Å². The molecule has 0 saturated carbocycles. The summed E-state index contributed by atoms with van der Waals surface area (Å²) in [5.74, 6) is 0. The third-order valence-corrected chi connectivity index (χ3v) is 5.31. The topological polar surface area (TPSA) is 65.5 Å². The maximum atomic E-state index is 11.8. The fraction of sp³-hybridized carbons (Fsp3) is 0.615. The summed E-state index contributed by atoms with van der Waals surface area (Å²) < 4.78 is 35.4. The van der Waals surface area contributed by atoms with Gasteiger partial charge in [-0.05, 0) is 46.2 Å². The number of nitrogens with zero attached hydrogens (tertiary/aromatic N) is 1. The number of hydrogen-bond donors (Lipinski definition) is 0. The molecule has 0 atom stereocenters. The van der Waals surface area contributed by atoms with E-state index < -0.39 is 28.2 Å². The van der Waals surface area contributed by atoms with Crippen molar-refractivity contribution in [2.24, 2.45) is 0 Å². The molecule has 1 aromatic rings. The predicted molar refractivity (Wildman–Crippen MR) is 77.8 cm³/mol. The number of rotatable bonds is 2. The van der Waals surface area contributed by atoms with Crippen LogP contribution >= 0.6 is 0 Å². The lowest BCUT2D eigenvalue weighted by molar-refractivity contribution is 0.00578. The van der Waals surface area contributed by atoms with Crippen LogP contribution in [0.4, 0.5) is 0 Å². The van der Waals surface area contributed by atoms with Crippen LogP contribution in [0.5, 0.6) is 0 Å². The summed E-state index contributed by atoms with van der Waals surface area (Å²) >= 11 is 0. The molecule has 20 heavy (non-hydrogen) atoms. The largest absolute Gasteiger partial charge is 0.514 e. The molecule has 0 unspecified atom stereocenters. The second-order valence-electron chi connectivity index (χ2n) is 6.18. The van der Waals surface area contributed by atoms with Crippen LogP contribution in [0, 0.1) is 6.92 Å². The van der Waals surface area contributed by atoms with E-state index in [0.717, 1.165) is 0 Å². The highest BCUT2D eigenvalue weighted by atomic mass is 32.2. The van der Waals surface area contributed by atoms with Gasteiger partial charge in [-0.25, -0.2) is 8.42 Å². The van der Waals surface area contributed by atoms with E-state index in [9.17, 15) is 8.42 Å². The van der Waals surface area contributed by atoms with Gasteiger partial charge in [-0.1, -0.05) is 0 Å². The molecule has 0 aliphatic carbocycles. The van der Waals surface area contributed by atoms with Gasteiger partial charge in [0.05, 0.1) is 21.7 Å². The molecular weight excluding hydrogens is 277 g/mol. The van der Waals surface area contributed by atoms with Crippen molar-refractivity contribution in [3.05, 3.63) is 17.8 Å². The predicted octanol–water partition coefficient (Wildman–Crippen LogP) is 1.09. The average molecular weight is 297 g/mol. The molecule has 2 heterocycles. The van der Waals surface area contributed by atoms with Crippen molar-refractivity contribution >= 4 is 22.5 Å². The summed E-state index contributed by atoms with van der Waals surface area (Å²) in [6, 6.07) is 1.50. The van der Waals surface area contributed by atoms with Crippen LogP contribution in [0.25, 0.3) is 0 Å². The zero-order valence-electron chi connectivity index (χ0n) is 12.7. The Kier molecular flexibility index (Phi) is 3.52. The summed E-state index contributed by atoms with van der Waals surface area (Å²) in [7, 11) is -3.95. The number of sulfone groups is 1. The maximum absolute atomic E-state index is 11.8. The van der Waals surface area contributed by atoms with E-state index in [0.29, 0.717) is 11.2 Å². The van der Waals surface area contributed by atoms with Crippen molar-refractivity contribution < 1.29 is 17.7 Å². The minimum atomic E-state index is -3.29. The molecular formula is C13H20BNO4S. The maximum Gasteiger partial charge on any atom is 0.514 e. The van der Waals surface area contributed by atoms with Crippen LogP contribution in [-0.2, 0) is 19.1 Å². The quantitative estimate of drug-likeness (QED) is 0.765. The second kappa shape index (κ2) is 4.54. The van der Waals surface area contributed by atoms with E-state index in [-0.39, 0.29) is 4.90 Å². The SMILES string of the molecule is Cc1c(S(C)(=O)=O)ccnc1B1OC(C)(C)C(C)(C)O1. The van der Waals surface area contributed by atoms with Gasteiger partial charge in [0.25, 0.3) is 0 Å². The van der Waals surface area contributed by atoms with Gasteiger partial charge in [0.15, 0.2) is 9.84 Å². The van der Waals surface area contributed by atoms with E-state index in [1.165, 1.54) is 18.5 Å². The highest BCUT2D eigenvalue weighted by Crippen LogP contribution is 2.36. The van der Waals surface area contributed by atoms with Crippen molar-refractivity contribution in [1.82, 2.24) is 4.98 Å². The van der Waals surface area contributed by atoms with E-state index >= 15 is 0 Å².